The molecule has 0 aliphatic heterocycles. The number of aromatic carboxylic acids is 1. The molecule has 2 aromatic rings. The molecule has 0 amide bonds. The number of unbranched alkanes of at least 4 members (excludes halogenated alkanes) is 9. The van der Waals surface area contributed by atoms with Crippen molar-refractivity contribution >= 4 is 5.97 Å². The Labute approximate surface area is 182 Å². The van der Waals surface area contributed by atoms with Crippen molar-refractivity contribution in [2.45, 2.75) is 104 Å². The summed E-state index contributed by atoms with van der Waals surface area (Å²) in [4.78, 5) is 11.0. The molecular formula is C26H40N2O2. The third kappa shape index (κ3) is 8.33. The largest absolute Gasteiger partial charge is 0.545 e. The van der Waals surface area contributed by atoms with Crippen LogP contribution in [0.5, 0.6) is 0 Å². The van der Waals surface area contributed by atoms with Crippen LogP contribution in [0.2, 0.25) is 0 Å². The number of carboxylic acids is 1. The molecule has 0 unspecified atom stereocenters. The maximum absolute atomic E-state index is 11.0. The second kappa shape index (κ2) is 14.0. The Morgan fingerprint density at radius 1 is 0.867 bits per heavy atom. The summed E-state index contributed by atoms with van der Waals surface area (Å²) in [6, 6.07) is 7.05. The smallest absolute Gasteiger partial charge is 0.256 e. The number of rotatable bonds is 16. The van der Waals surface area contributed by atoms with E-state index in [-0.39, 0.29) is 5.56 Å². The molecule has 0 bridgehead atoms. The summed E-state index contributed by atoms with van der Waals surface area (Å²) in [7, 11) is 0. The van der Waals surface area contributed by atoms with Gasteiger partial charge in [-0.3, -0.25) is 0 Å². The monoisotopic (exact) mass is 412 g/mol. The number of hydrogen-bond donors (Lipinski definition) is 0. The molecule has 0 spiro atoms. The highest BCUT2D eigenvalue weighted by molar-refractivity contribution is 5.85. The first-order chi connectivity index (χ1) is 14.7. The second-order valence-electron chi connectivity index (χ2n) is 8.45. The molecule has 0 fully saturated rings. The van der Waals surface area contributed by atoms with E-state index in [4.69, 9.17) is 0 Å². The van der Waals surface area contributed by atoms with E-state index in [1.807, 2.05) is 12.1 Å². The van der Waals surface area contributed by atoms with E-state index in [0.717, 1.165) is 31.5 Å². The van der Waals surface area contributed by atoms with Crippen molar-refractivity contribution in [3.8, 4) is 0 Å². The highest BCUT2D eigenvalue weighted by Gasteiger charge is 2.16. The van der Waals surface area contributed by atoms with Crippen molar-refractivity contribution in [2.24, 2.45) is 0 Å². The number of carboxylic acid groups (broad SMARTS) is 1. The summed E-state index contributed by atoms with van der Waals surface area (Å²) in [5, 5.41) is 11.0. The molecule has 1 heterocycles. The van der Waals surface area contributed by atoms with E-state index < -0.39 is 5.97 Å². The number of benzene rings is 1. The summed E-state index contributed by atoms with van der Waals surface area (Å²) in [6.07, 6.45) is 20.1. The van der Waals surface area contributed by atoms with Crippen LogP contribution in [0.15, 0.2) is 36.7 Å². The van der Waals surface area contributed by atoms with E-state index in [1.165, 1.54) is 70.0 Å². The van der Waals surface area contributed by atoms with Gasteiger partial charge in [-0.25, -0.2) is 9.13 Å². The molecule has 30 heavy (non-hydrogen) atoms. The molecule has 0 aliphatic carbocycles. The molecule has 4 heteroatoms. The van der Waals surface area contributed by atoms with Crippen molar-refractivity contribution in [1.29, 1.82) is 0 Å². The lowest BCUT2D eigenvalue weighted by Gasteiger charge is -2.07. The fourth-order valence-corrected chi connectivity index (χ4v) is 4.09. The summed E-state index contributed by atoms with van der Waals surface area (Å²) >= 11 is 0. The van der Waals surface area contributed by atoms with Crippen LogP contribution in [0, 0.1) is 0 Å². The average Bonchev–Trinajstić information content (AvgIpc) is 3.11. The van der Waals surface area contributed by atoms with Crippen molar-refractivity contribution in [3.63, 3.8) is 0 Å². The SMILES string of the molecule is CCCCCCCCCCCCc1n(CCC)cc[n+]1Cc1ccc(C(=O)[O-])cc1. The summed E-state index contributed by atoms with van der Waals surface area (Å²) in [6.45, 7) is 6.31. The maximum Gasteiger partial charge on any atom is 0.256 e. The number of aryl methyl sites for hydroxylation is 1. The van der Waals surface area contributed by atoms with Gasteiger partial charge in [-0.05, 0) is 24.0 Å². The Morgan fingerprint density at radius 3 is 2.03 bits per heavy atom. The highest BCUT2D eigenvalue weighted by Crippen LogP contribution is 2.12. The lowest BCUT2D eigenvalue weighted by Crippen LogP contribution is -2.38. The molecule has 1 aromatic carbocycles. The minimum absolute atomic E-state index is 0.234. The average molecular weight is 413 g/mol. The molecule has 0 saturated heterocycles. The van der Waals surface area contributed by atoms with Crippen LogP contribution in [0.1, 0.15) is 106 Å². The van der Waals surface area contributed by atoms with Crippen LogP contribution in [-0.4, -0.2) is 10.5 Å². The lowest BCUT2D eigenvalue weighted by atomic mass is 10.1. The van der Waals surface area contributed by atoms with Crippen molar-refractivity contribution in [2.75, 3.05) is 0 Å². The molecule has 0 atom stereocenters. The Morgan fingerprint density at radius 2 is 1.47 bits per heavy atom. The van der Waals surface area contributed by atoms with Crippen LogP contribution in [0.3, 0.4) is 0 Å². The van der Waals surface area contributed by atoms with Gasteiger partial charge in [-0.15, -0.1) is 0 Å². The Balaban J connectivity index is 1.81. The van der Waals surface area contributed by atoms with E-state index in [2.05, 4.69) is 35.4 Å². The van der Waals surface area contributed by atoms with Gasteiger partial charge in [0.2, 0.25) is 0 Å². The maximum atomic E-state index is 11.0. The lowest BCUT2D eigenvalue weighted by molar-refractivity contribution is -0.695. The molecule has 1 aromatic heterocycles. The molecule has 0 aliphatic rings. The zero-order valence-corrected chi connectivity index (χ0v) is 19.1. The first-order valence-electron chi connectivity index (χ1n) is 12.0. The second-order valence-corrected chi connectivity index (χ2v) is 8.45. The predicted octanol–water partition coefficient (Wildman–Crippen LogP) is 5.06. The Hall–Kier alpha value is -2.10. The molecule has 166 valence electrons. The number of nitrogens with zero attached hydrogens (tertiary/aromatic N) is 2. The molecule has 4 nitrogen and oxygen atoms in total. The van der Waals surface area contributed by atoms with Gasteiger partial charge in [-0.2, -0.15) is 0 Å². The van der Waals surface area contributed by atoms with Crippen molar-refractivity contribution in [3.05, 3.63) is 53.6 Å². The molecule has 0 radical (unpaired) electrons. The summed E-state index contributed by atoms with van der Waals surface area (Å²) < 4.78 is 4.70. The fourth-order valence-electron chi connectivity index (χ4n) is 4.09. The van der Waals surface area contributed by atoms with Gasteiger partial charge in [-0.1, -0.05) is 95.9 Å². The topological polar surface area (TPSA) is 48.9 Å². The molecular weight excluding hydrogens is 372 g/mol. The predicted molar refractivity (Wildman–Crippen MR) is 120 cm³/mol. The molecule has 2 rings (SSSR count). The van der Waals surface area contributed by atoms with Crippen molar-refractivity contribution in [1.82, 2.24) is 4.57 Å². The first kappa shape index (κ1) is 24.2. The van der Waals surface area contributed by atoms with Gasteiger partial charge < -0.3 is 9.90 Å². The van der Waals surface area contributed by atoms with Gasteiger partial charge >= 0.3 is 0 Å². The molecule has 0 N–H and O–H groups in total. The Bertz CT molecular complexity index is 734. The minimum atomic E-state index is -1.12. The van der Waals surface area contributed by atoms with Gasteiger partial charge in [0.05, 0.1) is 12.5 Å². The number of imidazole rings is 1. The highest BCUT2D eigenvalue weighted by atomic mass is 16.4. The fraction of sp³-hybridized carbons (Fsp3) is 0.615. The Kier molecular flexibility index (Phi) is 11.3. The van der Waals surface area contributed by atoms with Crippen LogP contribution in [-0.2, 0) is 19.5 Å². The third-order valence-corrected chi connectivity index (χ3v) is 5.85. The van der Waals surface area contributed by atoms with Gasteiger partial charge in [0.15, 0.2) is 0 Å². The zero-order valence-electron chi connectivity index (χ0n) is 19.1. The molecule has 0 saturated carbocycles. The standard InChI is InChI=1S/C26H40N2O2/c1-3-5-6-7-8-9-10-11-12-13-14-25-27(19-4-2)20-21-28(25)22-23-15-17-24(18-16-23)26(29)30/h15-18,20-21H,3-14,19,22H2,1-2H3. The zero-order chi connectivity index (χ0) is 21.6. The minimum Gasteiger partial charge on any atom is -0.545 e. The van der Waals surface area contributed by atoms with Gasteiger partial charge in [0, 0.05) is 6.42 Å². The van der Waals surface area contributed by atoms with E-state index in [1.54, 1.807) is 12.1 Å². The van der Waals surface area contributed by atoms with Crippen LogP contribution >= 0.6 is 0 Å². The summed E-state index contributed by atoms with van der Waals surface area (Å²) in [5.74, 6) is 0.255. The van der Waals surface area contributed by atoms with Crippen LogP contribution < -0.4 is 9.67 Å². The number of hydrogen-bond acceptors (Lipinski definition) is 2. The quantitative estimate of drug-likeness (QED) is 0.286. The van der Waals surface area contributed by atoms with Crippen LogP contribution in [0.25, 0.3) is 0 Å². The van der Waals surface area contributed by atoms with Crippen LogP contribution in [0.4, 0.5) is 0 Å². The first-order valence-corrected chi connectivity index (χ1v) is 12.0. The third-order valence-electron chi connectivity index (χ3n) is 5.85. The van der Waals surface area contributed by atoms with Crippen molar-refractivity contribution < 1.29 is 14.5 Å². The van der Waals surface area contributed by atoms with E-state index in [0.29, 0.717) is 0 Å². The van der Waals surface area contributed by atoms with E-state index in [9.17, 15) is 9.90 Å². The summed E-state index contributed by atoms with van der Waals surface area (Å²) in [5.41, 5.74) is 1.35. The van der Waals surface area contributed by atoms with Gasteiger partial charge in [0.1, 0.15) is 18.9 Å². The normalized spacial score (nSPS) is 11.1. The van der Waals surface area contributed by atoms with E-state index >= 15 is 0 Å². The number of carbonyl (C=O) groups is 1. The number of aromatic nitrogens is 2. The number of carbonyl (C=O) groups excluding carboxylic acids is 1. The van der Waals surface area contributed by atoms with Gasteiger partial charge in [0.25, 0.3) is 5.82 Å².